The Morgan fingerprint density at radius 3 is 2.76 bits per heavy atom. The normalized spacial score (nSPS) is 25.0. The van der Waals surface area contributed by atoms with Gasteiger partial charge in [-0.25, -0.2) is 0 Å². The van der Waals surface area contributed by atoms with Crippen LogP contribution in [-0.4, -0.2) is 49.3 Å². The molecular weight excluding hydrogens is 505 g/mol. The first-order chi connectivity index (χ1) is 18.3. The monoisotopic (exact) mass is 537 g/mol. The third-order valence-corrected chi connectivity index (χ3v) is 9.30. The number of amides is 1. The standard InChI is InChI=1S/C28H32FN5O3S/c1-19(8-13-29)25(35)33(23-5-3-4-21(14-23)22-15-30-34(16-22)38(2)36)18-27-9-11-28(17-27,12-10-27)26-31-24(32-37-26)20-6-7-20/h3-5,14-16,20H,1,6-13,17-18H2,2H3. The molecule has 1 unspecified atom stereocenters. The van der Waals surface area contributed by atoms with Crippen molar-refractivity contribution in [2.75, 3.05) is 24.4 Å². The summed E-state index contributed by atoms with van der Waals surface area (Å²) in [7, 11) is 0. The lowest BCUT2D eigenvalue weighted by Gasteiger charge is -2.34. The van der Waals surface area contributed by atoms with Crippen molar-refractivity contribution in [2.45, 2.75) is 62.7 Å². The summed E-state index contributed by atoms with van der Waals surface area (Å²) in [5.74, 6) is 1.79. The number of alkyl halides is 1. The van der Waals surface area contributed by atoms with Gasteiger partial charge in [0.1, 0.15) is 6.26 Å². The van der Waals surface area contributed by atoms with Gasteiger partial charge in [-0.05, 0) is 68.1 Å². The maximum Gasteiger partial charge on any atom is 0.253 e. The number of carbonyl (C=O) groups excluding carboxylic acids is 1. The van der Waals surface area contributed by atoms with Crippen LogP contribution in [0.5, 0.6) is 0 Å². The van der Waals surface area contributed by atoms with Gasteiger partial charge < -0.3 is 14.0 Å². The average molecular weight is 538 g/mol. The summed E-state index contributed by atoms with van der Waals surface area (Å²) in [4.78, 5) is 20.2. The van der Waals surface area contributed by atoms with E-state index in [1.54, 1.807) is 23.5 Å². The fourth-order valence-corrected chi connectivity index (χ4v) is 6.71. The largest absolute Gasteiger partial charge is 0.592 e. The van der Waals surface area contributed by atoms with Crippen LogP contribution in [0, 0.1) is 5.41 Å². The smallest absolute Gasteiger partial charge is 0.253 e. The molecule has 6 rings (SSSR count). The summed E-state index contributed by atoms with van der Waals surface area (Å²) < 4.78 is 32.2. The van der Waals surface area contributed by atoms with E-state index >= 15 is 0 Å². The number of benzene rings is 1. The number of rotatable bonds is 10. The van der Waals surface area contributed by atoms with E-state index in [1.807, 2.05) is 24.3 Å². The number of anilines is 1. The van der Waals surface area contributed by atoms with Crippen LogP contribution in [0.15, 0.2) is 53.3 Å². The summed E-state index contributed by atoms with van der Waals surface area (Å²) in [6.07, 6.45) is 11.9. The van der Waals surface area contributed by atoms with Crippen molar-refractivity contribution in [1.82, 2.24) is 19.3 Å². The van der Waals surface area contributed by atoms with Crippen molar-refractivity contribution in [2.24, 2.45) is 5.41 Å². The minimum Gasteiger partial charge on any atom is -0.592 e. The molecule has 0 N–H and O–H groups in total. The van der Waals surface area contributed by atoms with Crippen LogP contribution < -0.4 is 4.90 Å². The van der Waals surface area contributed by atoms with Gasteiger partial charge in [0.15, 0.2) is 5.82 Å². The third kappa shape index (κ3) is 4.58. The summed E-state index contributed by atoms with van der Waals surface area (Å²) in [5, 5.41) is 8.45. The molecule has 3 fully saturated rings. The zero-order valence-corrected chi connectivity index (χ0v) is 22.4. The minimum absolute atomic E-state index is 0.00692. The maximum absolute atomic E-state index is 13.6. The van der Waals surface area contributed by atoms with Gasteiger partial charge in [-0.3, -0.25) is 9.18 Å². The molecule has 200 valence electrons. The number of hydrogen-bond donors (Lipinski definition) is 0. The van der Waals surface area contributed by atoms with Crippen LogP contribution in [0.1, 0.15) is 69.0 Å². The van der Waals surface area contributed by atoms with Gasteiger partial charge in [-0.15, -0.1) is 5.10 Å². The second-order valence-electron chi connectivity index (χ2n) is 11.2. The first kappa shape index (κ1) is 25.3. The van der Waals surface area contributed by atoms with Crippen LogP contribution in [0.2, 0.25) is 0 Å². The van der Waals surface area contributed by atoms with E-state index in [0.29, 0.717) is 12.5 Å². The minimum atomic E-state index is -1.26. The van der Waals surface area contributed by atoms with Gasteiger partial charge in [-0.1, -0.05) is 28.0 Å². The molecule has 2 bridgehead atoms. The molecule has 2 aromatic heterocycles. The molecule has 10 heteroatoms. The van der Waals surface area contributed by atoms with Crippen molar-refractivity contribution < 1.29 is 18.3 Å². The molecule has 0 saturated heterocycles. The predicted octanol–water partition coefficient (Wildman–Crippen LogP) is 5.10. The van der Waals surface area contributed by atoms with E-state index in [4.69, 9.17) is 9.51 Å². The van der Waals surface area contributed by atoms with E-state index in [9.17, 15) is 13.7 Å². The average Bonchev–Trinajstić information content (AvgIpc) is 3.31. The molecular formula is C28H32FN5O3S. The molecule has 8 nitrogen and oxygen atoms in total. The highest BCUT2D eigenvalue weighted by Gasteiger charge is 2.58. The Kier molecular flexibility index (Phi) is 6.42. The van der Waals surface area contributed by atoms with Crippen LogP contribution in [0.25, 0.3) is 11.1 Å². The second-order valence-corrected chi connectivity index (χ2v) is 12.5. The highest BCUT2D eigenvalue weighted by Crippen LogP contribution is 2.62. The Hall–Kier alpha value is -2.98. The van der Waals surface area contributed by atoms with Crippen LogP contribution in [0.3, 0.4) is 0 Å². The summed E-state index contributed by atoms with van der Waals surface area (Å²) >= 11 is -1.26. The van der Waals surface area contributed by atoms with E-state index in [-0.39, 0.29) is 28.7 Å². The van der Waals surface area contributed by atoms with Gasteiger partial charge in [0.05, 0.1) is 35.8 Å². The summed E-state index contributed by atoms with van der Waals surface area (Å²) in [5.41, 5.74) is 2.44. The lowest BCUT2D eigenvalue weighted by molar-refractivity contribution is -0.115. The SMILES string of the molecule is C=C(CCF)C(=O)N(CC12CCC(c3nc(C4CC4)no3)(CC1)C2)c1cccc(-c2cnn([S+](C)[O-])c2)c1. The Morgan fingerprint density at radius 2 is 2.08 bits per heavy atom. The molecule has 0 radical (unpaired) electrons. The van der Waals surface area contributed by atoms with Gasteiger partial charge >= 0.3 is 0 Å². The van der Waals surface area contributed by atoms with E-state index in [0.717, 1.165) is 73.5 Å². The Balaban J connectivity index is 1.29. The Morgan fingerprint density at radius 1 is 1.29 bits per heavy atom. The lowest BCUT2D eigenvalue weighted by Crippen LogP contribution is -2.40. The molecule has 3 saturated carbocycles. The number of hydrogen-bond acceptors (Lipinski definition) is 6. The number of aromatic nitrogens is 4. The van der Waals surface area contributed by atoms with Crippen LogP contribution in [0.4, 0.5) is 10.1 Å². The molecule has 2 heterocycles. The molecule has 1 aromatic carbocycles. The van der Waals surface area contributed by atoms with E-state index < -0.39 is 18.0 Å². The summed E-state index contributed by atoms with van der Waals surface area (Å²) in [6.45, 7) is 3.80. The first-order valence-electron chi connectivity index (χ1n) is 13.2. The molecule has 38 heavy (non-hydrogen) atoms. The Bertz CT molecular complexity index is 1360. The topological polar surface area (TPSA) is 100 Å². The fraction of sp³-hybridized carbons (Fsp3) is 0.500. The molecule has 3 aliphatic rings. The molecule has 1 atom stereocenters. The second kappa shape index (κ2) is 9.64. The van der Waals surface area contributed by atoms with Gasteiger partial charge in [0.2, 0.25) is 5.89 Å². The van der Waals surface area contributed by atoms with Gasteiger partial charge in [0.25, 0.3) is 5.91 Å². The highest BCUT2D eigenvalue weighted by atomic mass is 32.2. The third-order valence-electron chi connectivity index (χ3n) is 8.57. The lowest BCUT2D eigenvalue weighted by atomic mass is 9.81. The fourth-order valence-electron chi connectivity index (χ4n) is 6.27. The number of fused-ring (bicyclic) bond motifs is 2. The van der Waals surface area contributed by atoms with Crippen LogP contribution in [-0.2, 0) is 21.6 Å². The molecule has 3 aliphatic carbocycles. The van der Waals surface area contributed by atoms with Gasteiger partial charge in [-0.2, -0.15) is 4.98 Å². The zero-order chi connectivity index (χ0) is 26.5. The van der Waals surface area contributed by atoms with Crippen molar-refractivity contribution in [1.29, 1.82) is 0 Å². The highest BCUT2D eigenvalue weighted by molar-refractivity contribution is 7.89. The number of carbonyl (C=O) groups is 1. The van der Waals surface area contributed by atoms with Crippen LogP contribution >= 0.6 is 0 Å². The molecule has 1 amide bonds. The van der Waals surface area contributed by atoms with Crippen molar-refractivity contribution >= 4 is 23.0 Å². The predicted molar refractivity (Wildman–Crippen MR) is 143 cm³/mol. The molecule has 0 spiro atoms. The first-order valence-corrected chi connectivity index (χ1v) is 14.7. The van der Waals surface area contributed by atoms with Crippen molar-refractivity contribution in [3.63, 3.8) is 0 Å². The number of halogens is 1. The zero-order valence-electron chi connectivity index (χ0n) is 21.6. The van der Waals surface area contributed by atoms with Gasteiger partial charge in [0, 0.05) is 35.7 Å². The molecule has 3 aromatic rings. The molecule has 0 aliphatic heterocycles. The van der Waals surface area contributed by atoms with E-state index in [2.05, 4.69) is 16.8 Å². The van der Waals surface area contributed by atoms with Crippen molar-refractivity contribution in [3.05, 3.63) is 60.5 Å². The Labute approximate surface area is 224 Å². The van der Waals surface area contributed by atoms with Crippen molar-refractivity contribution in [3.8, 4) is 11.1 Å². The van der Waals surface area contributed by atoms with E-state index in [1.165, 1.54) is 4.09 Å². The number of nitrogens with zero attached hydrogens (tertiary/aromatic N) is 5. The summed E-state index contributed by atoms with van der Waals surface area (Å²) in [6, 6.07) is 7.67. The maximum atomic E-state index is 13.6. The quantitative estimate of drug-likeness (QED) is 0.263.